The summed E-state index contributed by atoms with van der Waals surface area (Å²) in [6.45, 7) is 9.68. The van der Waals surface area contributed by atoms with Crippen molar-refractivity contribution in [2.75, 3.05) is 29.9 Å². The molecule has 1 aromatic rings. The van der Waals surface area contributed by atoms with E-state index < -0.39 is 0 Å². The highest BCUT2D eigenvalue weighted by Crippen LogP contribution is 2.31. The van der Waals surface area contributed by atoms with Gasteiger partial charge in [0.05, 0.1) is 4.47 Å². The molecule has 1 saturated heterocycles. The smallest absolute Gasteiger partial charge is 0.224 e. The SMILES string of the molecule is CCCNc1ncc(Br)c(N2CC(C)SC(C)C2)n1. The Hall–Kier alpha value is -0.490. The largest absolute Gasteiger partial charge is 0.354 e. The Kier molecular flexibility index (Phi) is 5.33. The third-order valence-corrected chi connectivity index (χ3v) is 4.76. The fraction of sp³-hybridized carbons (Fsp3) is 0.692. The molecule has 1 fully saturated rings. The number of thioether (sulfide) groups is 1. The van der Waals surface area contributed by atoms with E-state index in [9.17, 15) is 0 Å². The quantitative estimate of drug-likeness (QED) is 0.906. The Morgan fingerprint density at radius 2 is 2.11 bits per heavy atom. The lowest BCUT2D eigenvalue weighted by atomic mass is 10.3. The summed E-state index contributed by atoms with van der Waals surface area (Å²) >= 11 is 5.62. The third-order valence-electron chi connectivity index (χ3n) is 2.98. The molecular formula is C13H21BrN4S. The van der Waals surface area contributed by atoms with Gasteiger partial charge in [-0.3, -0.25) is 0 Å². The second kappa shape index (κ2) is 6.79. The van der Waals surface area contributed by atoms with Gasteiger partial charge in [0.25, 0.3) is 0 Å². The standard InChI is InChI=1S/C13H21BrN4S/c1-4-5-15-13-16-6-11(14)12(17-13)18-7-9(2)19-10(3)8-18/h6,9-10H,4-5,7-8H2,1-3H3,(H,15,16,17). The molecule has 1 aliphatic rings. The van der Waals surface area contributed by atoms with Crippen molar-refractivity contribution in [2.24, 2.45) is 0 Å². The van der Waals surface area contributed by atoms with Gasteiger partial charge < -0.3 is 10.2 Å². The summed E-state index contributed by atoms with van der Waals surface area (Å²) in [6, 6.07) is 0. The maximum atomic E-state index is 4.65. The first-order valence-electron chi connectivity index (χ1n) is 6.77. The molecule has 0 aromatic carbocycles. The molecule has 0 aliphatic carbocycles. The average Bonchev–Trinajstić information content (AvgIpc) is 2.36. The number of hydrogen-bond acceptors (Lipinski definition) is 5. The van der Waals surface area contributed by atoms with Crippen LogP contribution in [0.15, 0.2) is 10.7 Å². The Balaban J connectivity index is 2.17. The summed E-state index contributed by atoms with van der Waals surface area (Å²) in [5.74, 6) is 1.73. The van der Waals surface area contributed by atoms with Crippen LogP contribution in [0.1, 0.15) is 27.2 Å². The normalized spacial score (nSPS) is 23.5. The van der Waals surface area contributed by atoms with Crippen LogP contribution in [-0.2, 0) is 0 Å². The fourth-order valence-corrected chi connectivity index (χ4v) is 4.02. The Bertz CT molecular complexity index is 419. The van der Waals surface area contributed by atoms with Gasteiger partial charge in [-0.2, -0.15) is 16.7 Å². The van der Waals surface area contributed by atoms with Crippen molar-refractivity contribution in [3.05, 3.63) is 10.7 Å². The number of nitrogens with one attached hydrogen (secondary N) is 1. The number of rotatable bonds is 4. The van der Waals surface area contributed by atoms with Crippen LogP contribution in [0, 0.1) is 0 Å². The van der Waals surface area contributed by atoms with Crippen LogP contribution in [0.5, 0.6) is 0 Å². The summed E-state index contributed by atoms with van der Waals surface area (Å²) in [7, 11) is 0. The summed E-state index contributed by atoms with van der Waals surface area (Å²) in [5.41, 5.74) is 0. The summed E-state index contributed by atoms with van der Waals surface area (Å²) in [6.07, 6.45) is 2.92. The molecule has 2 heterocycles. The molecule has 0 amide bonds. The van der Waals surface area contributed by atoms with E-state index >= 15 is 0 Å². The van der Waals surface area contributed by atoms with Gasteiger partial charge in [0, 0.05) is 36.3 Å². The first-order chi connectivity index (χ1) is 9.10. The number of hydrogen-bond donors (Lipinski definition) is 1. The molecule has 0 spiro atoms. The summed E-state index contributed by atoms with van der Waals surface area (Å²) in [5, 5.41) is 4.52. The van der Waals surface area contributed by atoms with Crippen molar-refractivity contribution in [3.63, 3.8) is 0 Å². The lowest BCUT2D eigenvalue weighted by molar-refractivity contribution is 0.715. The van der Waals surface area contributed by atoms with Crippen LogP contribution < -0.4 is 10.2 Å². The van der Waals surface area contributed by atoms with Crippen molar-refractivity contribution < 1.29 is 0 Å². The van der Waals surface area contributed by atoms with E-state index in [4.69, 9.17) is 0 Å². The zero-order valence-electron chi connectivity index (χ0n) is 11.7. The Morgan fingerprint density at radius 1 is 1.42 bits per heavy atom. The molecule has 6 heteroatoms. The maximum Gasteiger partial charge on any atom is 0.224 e. The lowest BCUT2D eigenvalue weighted by Crippen LogP contribution is -2.41. The van der Waals surface area contributed by atoms with E-state index in [-0.39, 0.29) is 0 Å². The maximum absolute atomic E-state index is 4.65. The highest BCUT2D eigenvalue weighted by Gasteiger charge is 2.25. The van der Waals surface area contributed by atoms with Crippen molar-refractivity contribution in [2.45, 2.75) is 37.7 Å². The van der Waals surface area contributed by atoms with Gasteiger partial charge in [-0.1, -0.05) is 20.8 Å². The van der Waals surface area contributed by atoms with E-state index in [1.54, 1.807) is 0 Å². The minimum atomic E-state index is 0.637. The van der Waals surface area contributed by atoms with Gasteiger partial charge in [-0.05, 0) is 22.4 Å². The molecule has 106 valence electrons. The monoisotopic (exact) mass is 344 g/mol. The molecule has 1 aliphatic heterocycles. The number of nitrogens with zero attached hydrogens (tertiary/aromatic N) is 3. The summed E-state index contributed by atoms with van der Waals surface area (Å²) < 4.78 is 0.973. The van der Waals surface area contributed by atoms with Crippen molar-refractivity contribution in [3.8, 4) is 0 Å². The van der Waals surface area contributed by atoms with Gasteiger partial charge in [-0.25, -0.2) is 4.98 Å². The molecule has 0 radical (unpaired) electrons. The predicted octanol–water partition coefficient (Wildman–Crippen LogP) is 3.39. The molecular weight excluding hydrogens is 324 g/mol. The van der Waals surface area contributed by atoms with E-state index in [1.165, 1.54) is 0 Å². The van der Waals surface area contributed by atoms with E-state index in [0.29, 0.717) is 10.5 Å². The van der Waals surface area contributed by atoms with E-state index in [0.717, 1.165) is 42.3 Å². The van der Waals surface area contributed by atoms with Crippen molar-refractivity contribution in [1.29, 1.82) is 0 Å². The van der Waals surface area contributed by atoms with Gasteiger partial charge in [-0.15, -0.1) is 0 Å². The van der Waals surface area contributed by atoms with Crippen LogP contribution in [0.3, 0.4) is 0 Å². The lowest BCUT2D eigenvalue weighted by Gasteiger charge is -2.35. The van der Waals surface area contributed by atoms with Crippen LogP contribution in [0.4, 0.5) is 11.8 Å². The van der Waals surface area contributed by atoms with Crippen LogP contribution in [0.25, 0.3) is 0 Å². The minimum absolute atomic E-state index is 0.637. The van der Waals surface area contributed by atoms with Gasteiger partial charge >= 0.3 is 0 Å². The van der Waals surface area contributed by atoms with E-state index in [2.05, 4.69) is 56.9 Å². The second-order valence-corrected chi connectivity index (χ2v) is 7.69. The van der Waals surface area contributed by atoms with Gasteiger partial charge in [0.15, 0.2) is 0 Å². The fourth-order valence-electron chi connectivity index (χ4n) is 2.25. The highest BCUT2D eigenvalue weighted by molar-refractivity contribution is 9.10. The van der Waals surface area contributed by atoms with Crippen LogP contribution in [-0.4, -0.2) is 40.1 Å². The molecule has 0 saturated carbocycles. The summed E-state index contributed by atoms with van der Waals surface area (Å²) in [4.78, 5) is 11.3. The number of anilines is 2. The topological polar surface area (TPSA) is 41.1 Å². The molecule has 0 bridgehead atoms. The first kappa shape index (κ1) is 14.9. The predicted molar refractivity (Wildman–Crippen MR) is 87.2 cm³/mol. The van der Waals surface area contributed by atoms with E-state index in [1.807, 2.05) is 18.0 Å². The van der Waals surface area contributed by atoms with Crippen molar-refractivity contribution >= 4 is 39.5 Å². The molecule has 4 nitrogen and oxygen atoms in total. The minimum Gasteiger partial charge on any atom is -0.354 e. The van der Waals surface area contributed by atoms with Gasteiger partial charge in [0.2, 0.25) is 5.95 Å². The van der Waals surface area contributed by atoms with Crippen LogP contribution >= 0.6 is 27.7 Å². The third kappa shape index (κ3) is 3.99. The average molecular weight is 345 g/mol. The molecule has 1 N–H and O–H groups in total. The highest BCUT2D eigenvalue weighted by atomic mass is 79.9. The second-order valence-electron chi connectivity index (χ2n) is 4.95. The number of halogens is 1. The van der Waals surface area contributed by atoms with Crippen LogP contribution in [0.2, 0.25) is 0 Å². The number of aromatic nitrogens is 2. The molecule has 1 aromatic heterocycles. The molecule has 2 unspecified atom stereocenters. The molecule has 2 rings (SSSR count). The van der Waals surface area contributed by atoms with Crippen molar-refractivity contribution in [1.82, 2.24) is 9.97 Å². The zero-order chi connectivity index (χ0) is 13.8. The Labute approximate surface area is 127 Å². The van der Waals surface area contributed by atoms with Gasteiger partial charge in [0.1, 0.15) is 5.82 Å². The molecule has 19 heavy (non-hydrogen) atoms. The first-order valence-corrected chi connectivity index (χ1v) is 8.50. The molecule has 2 atom stereocenters. The zero-order valence-corrected chi connectivity index (χ0v) is 14.1. The Morgan fingerprint density at radius 3 is 2.74 bits per heavy atom.